The molecule has 0 radical (unpaired) electrons. The average Bonchev–Trinajstić information content (AvgIpc) is 3.18. The maximum absolute atomic E-state index is 13.4. The minimum atomic E-state index is -0.218. The highest BCUT2D eigenvalue weighted by atomic mass is 16.3. The Morgan fingerprint density at radius 2 is 1.89 bits per heavy atom. The van der Waals surface area contributed by atoms with Gasteiger partial charge in [0.25, 0.3) is 0 Å². The number of hydrogen-bond acceptors (Lipinski definition) is 3. The Morgan fingerprint density at radius 1 is 1.11 bits per heavy atom. The summed E-state index contributed by atoms with van der Waals surface area (Å²) in [5.74, 6) is 3.70. The number of Topliss-reactive ketones (excluding diaryl/α,β-unsaturated/α-hetero) is 1. The maximum Gasteiger partial charge on any atom is 0.165 e. The van der Waals surface area contributed by atoms with Gasteiger partial charge in [0.05, 0.1) is 6.10 Å². The molecule has 1 N–H and O–H groups in total. The number of aryl methyl sites for hydroxylation is 1. The van der Waals surface area contributed by atoms with Crippen LogP contribution in [0.2, 0.25) is 0 Å². The fourth-order valence-corrected chi connectivity index (χ4v) is 7.14. The number of rotatable bonds is 1. The summed E-state index contributed by atoms with van der Waals surface area (Å²) in [5, 5.41) is 10.2. The lowest BCUT2D eigenvalue weighted by atomic mass is 9.48. The van der Waals surface area contributed by atoms with Crippen molar-refractivity contribution in [3.05, 3.63) is 40.9 Å². The van der Waals surface area contributed by atoms with Gasteiger partial charge in [0.1, 0.15) is 11.5 Å². The van der Waals surface area contributed by atoms with Crippen molar-refractivity contribution >= 4 is 11.9 Å². The molecule has 0 amide bonds. The second-order valence-electron chi connectivity index (χ2n) is 10.3. The summed E-state index contributed by atoms with van der Waals surface area (Å²) in [6.45, 7) is 6.60. The van der Waals surface area contributed by atoms with Crippen LogP contribution < -0.4 is 0 Å². The highest BCUT2D eigenvalue weighted by molar-refractivity contribution is 6.05. The number of hydrogen-bond donors (Lipinski definition) is 1. The highest BCUT2D eigenvalue weighted by Gasteiger charge is 2.59. The van der Waals surface area contributed by atoms with Crippen LogP contribution in [0.3, 0.4) is 0 Å². The summed E-state index contributed by atoms with van der Waals surface area (Å²) < 4.78 is 5.72. The Hall–Kier alpha value is -1.61. The number of carbonyl (C=O) groups is 1. The summed E-state index contributed by atoms with van der Waals surface area (Å²) in [6, 6.07) is 3.93. The molecule has 0 aromatic carbocycles. The van der Waals surface area contributed by atoms with Crippen molar-refractivity contribution in [1.82, 2.24) is 0 Å². The SMILES string of the molecule is Cc1ccc(/C=C2/C[C@@H]3[C@H]4CC=C5C[C@H](O)CC[C@]5(C)[C@@H]4CC[C@@]3(C)C2=O)o1. The van der Waals surface area contributed by atoms with E-state index in [1.165, 1.54) is 5.57 Å². The fraction of sp³-hybridized carbons (Fsp3) is 0.640. The van der Waals surface area contributed by atoms with Crippen molar-refractivity contribution in [2.24, 2.45) is 28.6 Å². The molecule has 1 heterocycles. The van der Waals surface area contributed by atoms with E-state index >= 15 is 0 Å². The molecule has 1 aromatic heterocycles. The van der Waals surface area contributed by atoms with Gasteiger partial charge in [0.2, 0.25) is 0 Å². The predicted molar refractivity (Wildman–Crippen MR) is 110 cm³/mol. The molecule has 0 aliphatic heterocycles. The fourth-order valence-electron chi connectivity index (χ4n) is 7.14. The third-order valence-corrected chi connectivity index (χ3v) is 8.80. The van der Waals surface area contributed by atoms with Crippen molar-refractivity contribution < 1.29 is 14.3 Å². The largest absolute Gasteiger partial charge is 0.462 e. The van der Waals surface area contributed by atoms with Gasteiger partial charge >= 0.3 is 0 Å². The normalized spacial score (nSPS) is 44.1. The van der Waals surface area contributed by atoms with E-state index in [2.05, 4.69) is 19.9 Å². The lowest BCUT2D eigenvalue weighted by molar-refractivity contribution is -0.130. The lowest BCUT2D eigenvalue weighted by Gasteiger charge is -2.56. The lowest BCUT2D eigenvalue weighted by Crippen LogP contribution is -2.50. The molecule has 3 heteroatoms. The first-order valence-electron chi connectivity index (χ1n) is 11.0. The minimum absolute atomic E-state index is 0.163. The zero-order valence-electron chi connectivity index (χ0n) is 17.3. The van der Waals surface area contributed by atoms with Crippen LogP contribution >= 0.6 is 0 Å². The summed E-state index contributed by atoms with van der Waals surface area (Å²) in [5.41, 5.74) is 2.45. The Bertz CT molecular complexity index is 874. The molecule has 3 nitrogen and oxygen atoms in total. The van der Waals surface area contributed by atoms with E-state index in [1.54, 1.807) is 0 Å². The number of aliphatic hydroxyl groups excluding tert-OH is 1. The van der Waals surface area contributed by atoms with Crippen molar-refractivity contribution in [1.29, 1.82) is 0 Å². The third kappa shape index (κ3) is 2.55. The van der Waals surface area contributed by atoms with E-state index < -0.39 is 0 Å². The van der Waals surface area contributed by atoms with Gasteiger partial charge in [0, 0.05) is 5.41 Å². The molecule has 28 heavy (non-hydrogen) atoms. The summed E-state index contributed by atoms with van der Waals surface area (Å²) in [4.78, 5) is 13.4. The molecule has 4 aliphatic rings. The van der Waals surface area contributed by atoms with Crippen LogP contribution in [0.5, 0.6) is 0 Å². The Labute approximate surface area is 167 Å². The van der Waals surface area contributed by atoms with Crippen LogP contribution in [0.15, 0.2) is 33.8 Å². The van der Waals surface area contributed by atoms with Gasteiger partial charge in [-0.15, -0.1) is 0 Å². The van der Waals surface area contributed by atoms with Crippen molar-refractivity contribution in [3.8, 4) is 0 Å². The zero-order valence-corrected chi connectivity index (χ0v) is 17.3. The quantitative estimate of drug-likeness (QED) is 0.519. The van der Waals surface area contributed by atoms with Gasteiger partial charge < -0.3 is 9.52 Å². The number of ketones is 1. The Kier molecular flexibility index (Phi) is 4.07. The minimum Gasteiger partial charge on any atom is -0.462 e. The van der Waals surface area contributed by atoms with Crippen LogP contribution in [0, 0.1) is 35.5 Å². The first kappa shape index (κ1) is 18.4. The molecule has 3 fully saturated rings. The number of aliphatic hydroxyl groups is 1. The van der Waals surface area contributed by atoms with Gasteiger partial charge in [-0.1, -0.05) is 25.5 Å². The zero-order chi connectivity index (χ0) is 19.7. The second-order valence-corrected chi connectivity index (χ2v) is 10.3. The molecule has 4 aliphatic carbocycles. The molecule has 5 rings (SSSR count). The van der Waals surface area contributed by atoms with Crippen molar-refractivity contribution in [2.75, 3.05) is 0 Å². The number of allylic oxidation sites excluding steroid dienone is 2. The second kappa shape index (κ2) is 6.19. The molecule has 0 bridgehead atoms. The summed E-state index contributed by atoms with van der Waals surface area (Å²) in [7, 11) is 0. The van der Waals surface area contributed by atoms with Crippen molar-refractivity contribution in [2.45, 2.75) is 71.8 Å². The van der Waals surface area contributed by atoms with E-state index in [4.69, 9.17) is 4.42 Å². The molecule has 0 spiro atoms. The van der Waals surface area contributed by atoms with E-state index in [-0.39, 0.29) is 16.9 Å². The van der Waals surface area contributed by atoms with E-state index in [1.807, 2.05) is 25.1 Å². The Morgan fingerprint density at radius 3 is 2.64 bits per heavy atom. The Balaban J connectivity index is 1.48. The first-order chi connectivity index (χ1) is 13.3. The van der Waals surface area contributed by atoms with Gasteiger partial charge in [-0.3, -0.25) is 4.79 Å². The number of fused-ring (bicyclic) bond motifs is 5. The van der Waals surface area contributed by atoms with Crippen LogP contribution in [0.4, 0.5) is 0 Å². The smallest absolute Gasteiger partial charge is 0.165 e. The molecule has 0 unspecified atom stereocenters. The first-order valence-corrected chi connectivity index (χ1v) is 11.0. The molecule has 1 aromatic rings. The van der Waals surface area contributed by atoms with Crippen molar-refractivity contribution in [3.63, 3.8) is 0 Å². The van der Waals surface area contributed by atoms with Gasteiger partial charge in [0.15, 0.2) is 5.78 Å². The maximum atomic E-state index is 13.4. The summed E-state index contributed by atoms with van der Waals surface area (Å²) >= 11 is 0. The number of furan rings is 1. The van der Waals surface area contributed by atoms with Gasteiger partial charge in [-0.2, -0.15) is 0 Å². The molecule has 3 saturated carbocycles. The van der Waals surface area contributed by atoms with E-state index in [0.717, 1.165) is 62.0 Å². The average molecular weight is 381 g/mol. The third-order valence-electron chi connectivity index (χ3n) is 8.80. The molecule has 150 valence electrons. The predicted octanol–water partition coefficient (Wildman–Crippen LogP) is 5.47. The molecular weight excluding hydrogens is 348 g/mol. The van der Waals surface area contributed by atoms with Crippen LogP contribution in [-0.2, 0) is 4.79 Å². The topological polar surface area (TPSA) is 50.4 Å². The van der Waals surface area contributed by atoms with Crippen LogP contribution in [-0.4, -0.2) is 17.0 Å². The van der Waals surface area contributed by atoms with E-state index in [9.17, 15) is 9.90 Å². The highest BCUT2D eigenvalue weighted by Crippen LogP contribution is 2.64. The summed E-state index contributed by atoms with van der Waals surface area (Å²) in [6.07, 6.45) is 11.2. The van der Waals surface area contributed by atoms with E-state index in [0.29, 0.717) is 23.5 Å². The van der Waals surface area contributed by atoms with Gasteiger partial charge in [-0.25, -0.2) is 0 Å². The molecule has 6 atom stereocenters. The monoisotopic (exact) mass is 380 g/mol. The molecular formula is C25H32O3. The number of carbonyl (C=O) groups excluding carboxylic acids is 1. The van der Waals surface area contributed by atoms with Gasteiger partial charge in [-0.05, 0) is 98.8 Å². The van der Waals surface area contributed by atoms with Crippen LogP contribution in [0.25, 0.3) is 6.08 Å². The standard InChI is InChI=1S/C25H32O3/c1-15-4-6-19(28-15)12-16-13-22-20-7-5-17-14-18(26)8-10-24(17,2)21(20)9-11-25(22,3)23(16)27/h4-6,12,18,20-22,26H,7-11,13-14H2,1-3H3/b16-12-/t18-,20+,21-,22-,24+,25-/m1/s1. The van der Waals surface area contributed by atoms with Crippen LogP contribution in [0.1, 0.15) is 70.3 Å². The molecule has 0 saturated heterocycles.